The van der Waals surface area contributed by atoms with Crippen LogP contribution in [0.3, 0.4) is 0 Å². The lowest BCUT2D eigenvalue weighted by Gasteiger charge is -2.19. The van der Waals surface area contributed by atoms with Gasteiger partial charge in [0.2, 0.25) is 5.75 Å². The molecule has 0 aliphatic rings. The number of nitrogens with one attached hydrogen (secondary N) is 1. The van der Waals surface area contributed by atoms with E-state index in [0.29, 0.717) is 5.75 Å². The van der Waals surface area contributed by atoms with Crippen LogP contribution in [-0.2, 0) is 22.0 Å². The molecule has 11 heteroatoms. The molecular formula is C23H27ClN4O5S. The van der Waals surface area contributed by atoms with E-state index >= 15 is 0 Å². The Bertz CT molecular complexity index is 1280. The maximum Gasteiger partial charge on any atom is 0.263 e. The number of rotatable bonds is 8. The van der Waals surface area contributed by atoms with Gasteiger partial charge >= 0.3 is 0 Å². The van der Waals surface area contributed by atoms with Gasteiger partial charge in [0.15, 0.2) is 5.82 Å². The second-order valence-electron chi connectivity index (χ2n) is 8.31. The number of benzene rings is 2. The fraction of sp³-hybridized carbons (Fsp3) is 0.304. The summed E-state index contributed by atoms with van der Waals surface area (Å²) in [7, 11) is -1.17. The first kappa shape index (κ1) is 25.5. The summed E-state index contributed by atoms with van der Waals surface area (Å²) < 4.78 is 45.3. The molecule has 34 heavy (non-hydrogen) atoms. The summed E-state index contributed by atoms with van der Waals surface area (Å²) in [5, 5.41) is 0.261. The number of nitrogens with zero attached hydrogens (tertiary/aromatic N) is 2. The molecule has 0 bridgehead atoms. The van der Waals surface area contributed by atoms with E-state index < -0.39 is 10.0 Å². The summed E-state index contributed by atoms with van der Waals surface area (Å²) in [5.74, 6) is 0.588. The molecule has 1 aromatic heterocycles. The number of nitrogens with two attached hydrogens (primary N) is 1. The maximum atomic E-state index is 13.2. The minimum atomic E-state index is -4.04. The minimum Gasteiger partial charge on any atom is -0.497 e. The van der Waals surface area contributed by atoms with E-state index in [4.69, 9.17) is 31.5 Å². The highest BCUT2D eigenvalue weighted by molar-refractivity contribution is 7.92. The van der Waals surface area contributed by atoms with Crippen molar-refractivity contribution in [2.75, 3.05) is 18.9 Å². The quantitative estimate of drug-likeness (QED) is 0.457. The predicted molar refractivity (Wildman–Crippen MR) is 131 cm³/mol. The number of halogens is 1. The highest BCUT2D eigenvalue weighted by atomic mass is 35.5. The highest BCUT2D eigenvalue weighted by Crippen LogP contribution is 2.40. The molecule has 0 amide bonds. The molecule has 3 rings (SSSR count). The van der Waals surface area contributed by atoms with Crippen molar-refractivity contribution in [2.45, 2.75) is 37.6 Å². The molecule has 3 aromatic rings. The van der Waals surface area contributed by atoms with E-state index in [9.17, 15) is 8.42 Å². The standard InChI is InChI=1S/C23H27ClN4O5S/c1-23(2,3)14-6-9-16(10-7-14)34(29,30)28-21-20(22(32-5)27-19(13-25)26-21)33-18-12-15(31-4)8-11-17(18)24/h6-12H,13,25H2,1-5H3,(H,26,27,28). The van der Waals surface area contributed by atoms with Crippen LogP contribution in [0.2, 0.25) is 5.02 Å². The molecule has 1 heterocycles. The van der Waals surface area contributed by atoms with Gasteiger partial charge in [-0.2, -0.15) is 4.98 Å². The zero-order valence-electron chi connectivity index (χ0n) is 19.5. The highest BCUT2D eigenvalue weighted by Gasteiger charge is 2.25. The Morgan fingerprint density at radius 1 is 1.03 bits per heavy atom. The van der Waals surface area contributed by atoms with Gasteiger partial charge in [-0.15, -0.1) is 0 Å². The van der Waals surface area contributed by atoms with Gasteiger partial charge in [0, 0.05) is 6.07 Å². The average molecular weight is 507 g/mol. The predicted octanol–water partition coefficient (Wildman–Crippen LogP) is 4.50. The lowest BCUT2D eigenvalue weighted by molar-refractivity contribution is 0.359. The Hall–Kier alpha value is -3.08. The van der Waals surface area contributed by atoms with Gasteiger partial charge in [-0.1, -0.05) is 44.5 Å². The summed E-state index contributed by atoms with van der Waals surface area (Å²) in [6.07, 6.45) is 0. The normalized spacial score (nSPS) is 11.7. The van der Waals surface area contributed by atoms with Crippen LogP contribution in [0.25, 0.3) is 0 Å². The van der Waals surface area contributed by atoms with Crippen molar-refractivity contribution < 1.29 is 22.6 Å². The summed E-state index contributed by atoms with van der Waals surface area (Å²) in [6, 6.07) is 11.4. The van der Waals surface area contributed by atoms with Gasteiger partial charge in [0.25, 0.3) is 15.9 Å². The molecule has 0 spiro atoms. The van der Waals surface area contributed by atoms with Crippen LogP contribution in [-0.4, -0.2) is 32.6 Å². The second kappa shape index (κ2) is 10.0. The smallest absolute Gasteiger partial charge is 0.263 e. The van der Waals surface area contributed by atoms with Gasteiger partial charge in [-0.25, -0.2) is 13.4 Å². The molecular weight excluding hydrogens is 480 g/mol. The van der Waals surface area contributed by atoms with Crippen molar-refractivity contribution in [3.05, 3.63) is 58.9 Å². The molecule has 182 valence electrons. The third-order valence-electron chi connectivity index (χ3n) is 4.87. The number of sulfonamides is 1. The molecule has 0 radical (unpaired) electrons. The van der Waals surface area contributed by atoms with Crippen molar-refractivity contribution >= 4 is 27.4 Å². The minimum absolute atomic E-state index is 0.0184. The molecule has 0 aliphatic carbocycles. The molecule has 9 nitrogen and oxygen atoms in total. The molecule has 0 saturated heterocycles. The Kier molecular flexibility index (Phi) is 7.54. The second-order valence-corrected chi connectivity index (χ2v) is 10.4. The van der Waals surface area contributed by atoms with Gasteiger partial charge in [-0.05, 0) is 35.2 Å². The number of aromatic nitrogens is 2. The number of ether oxygens (including phenoxy) is 3. The first-order chi connectivity index (χ1) is 16.0. The van der Waals surface area contributed by atoms with Crippen LogP contribution in [0.15, 0.2) is 47.4 Å². The van der Waals surface area contributed by atoms with E-state index in [1.54, 1.807) is 30.3 Å². The molecule has 2 aromatic carbocycles. The molecule has 0 aliphatic heterocycles. The zero-order valence-corrected chi connectivity index (χ0v) is 21.1. The summed E-state index contributed by atoms with van der Waals surface area (Å²) in [6.45, 7) is 6.09. The fourth-order valence-electron chi connectivity index (χ4n) is 2.98. The van der Waals surface area contributed by atoms with Crippen molar-refractivity contribution in [2.24, 2.45) is 5.73 Å². The van der Waals surface area contributed by atoms with E-state index in [1.165, 1.54) is 26.4 Å². The first-order valence-electron chi connectivity index (χ1n) is 10.3. The van der Waals surface area contributed by atoms with Gasteiger partial charge < -0.3 is 19.9 Å². The molecule has 0 fully saturated rings. The lowest BCUT2D eigenvalue weighted by atomic mass is 9.87. The topological polar surface area (TPSA) is 126 Å². The van der Waals surface area contributed by atoms with E-state index in [2.05, 4.69) is 14.7 Å². The van der Waals surface area contributed by atoms with E-state index in [-0.39, 0.29) is 50.9 Å². The average Bonchev–Trinajstić information content (AvgIpc) is 2.80. The maximum absolute atomic E-state index is 13.2. The van der Waals surface area contributed by atoms with Gasteiger partial charge in [-0.3, -0.25) is 4.72 Å². The van der Waals surface area contributed by atoms with E-state index in [0.717, 1.165) is 5.56 Å². The molecule has 0 unspecified atom stereocenters. The Morgan fingerprint density at radius 3 is 2.26 bits per heavy atom. The fourth-order valence-corrected chi connectivity index (χ4v) is 4.15. The van der Waals surface area contributed by atoms with Crippen LogP contribution in [0.5, 0.6) is 23.1 Å². The zero-order chi connectivity index (χ0) is 25.1. The van der Waals surface area contributed by atoms with Crippen LogP contribution in [0, 0.1) is 0 Å². The Balaban J connectivity index is 2.06. The van der Waals surface area contributed by atoms with Crippen molar-refractivity contribution in [1.29, 1.82) is 0 Å². The monoisotopic (exact) mass is 506 g/mol. The van der Waals surface area contributed by atoms with Crippen LogP contribution in [0.4, 0.5) is 5.82 Å². The largest absolute Gasteiger partial charge is 0.497 e. The number of anilines is 1. The summed E-state index contributed by atoms with van der Waals surface area (Å²) >= 11 is 6.27. The summed E-state index contributed by atoms with van der Waals surface area (Å²) in [5.41, 5.74) is 6.58. The van der Waals surface area contributed by atoms with Crippen LogP contribution in [0.1, 0.15) is 32.2 Å². The van der Waals surface area contributed by atoms with Gasteiger partial charge in [0.1, 0.15) is 17.3 Å². The van der Waals surface area contributed by atoms with Crippen molar-refractivity contribution in [3.8, 4) is 23.1 Å². The third-order valence-corrected chi connectivity index (χ3v) is 6.54. The molecule has 0 saturated carbocycles. The Morgan fingerprint density at radius 2 is 1.71 bits per heavy atom. The van der Waals surface area contributed by atoms with Crippen molar-refractivity contribution in [1.82, 2.24) is 9.97 Å². The third kappa shape index (κ3) is 5.69. The summed E-state index contributed by atoms with van der Waals surface area (Å²) in [4.78, 5) is 8.47. The first-order valence-corrected chi connectivity index (χ1v) is 12.1. The number of methoxy groups -OCH3 is 2. The van der Waals surface area contributed by atoms with Crippen molar-refractivity contribution in [3.63, 3.8) is 0 Å². The molecule has 0 atom stereocenters. The van der Waals surface area contributed by atoms with Crippen LogP contribution < -0.4 is 24.7 Å². The Labute approximate surface area is 204 Å². The lowest BCUT2D eigenvalue weighted by Crippen LogP contribution is -2.18. The number of hydrogen-bond acceptors (Lipinski definition) is 8. The van der Waals surface area contributed by atoms with E-state index in [1.807, 2.05) is 20.8 Å². The van der Waals surface area contributed by atoms with Gasteiger partial charge in [0.05, 0.1) is 30.7 Å². The van der Waals surface area contributed by atoms with Crippen LogP contribution >= 0.6 is 11.6 Å². The number of hydrogen-bond donors (Lipinski definition) is 2. The SMILES string of the molecule is COc1ccc(Cl)c(Oc2c(NS(=O)(=O)c3ccc(C(C)(C)C)cc3)nc(CN)nc2OC)c1. The molecule has 3 N–H and O–H groups in total.